The average Bonchev–Trinajstić information content (AvgIpc) is 3.30. The van der Waals surface area contributed by atoms with E-state index in [0.29, 0.717) is 17.8 Å². The average molecular weight is 349 g/mol. The zero-order valence-electron chi connectivity index (χ0n) is 14.0. The van der Waals surface area contributed by atoms with Crippen molar-refractivity contribution < 1.29 is 9.53 Å². The number of fused-ring (bicyclic) bond motifs is 4. The van der Waals surface area contributed by atoms with Crippen molar-refractivity contribution in [3.05, 3.63) is 47.2 Å². The molecule has 1 aliphatic rings. The molecule has 26 heavy (non-hydrogen) atoms. The molecule has 9 heteroatoms. The summed E-state index contributed by atoms with van der Waals surface area (Å²) in [4.78, 5) is 17.6. The normalized spacial score (nSPS) is 14.0. The topological polar surface area (TPSA) is 101 Å². The van der Waals surface area contributed by atoms with E-state index in [1.807, 2.05) is 24.3 Å². The number of hydrogen-bond acceptors (Lipinski definition) is 7. The number of methoxy groups -OCH3 is 1. The van der Waals surface area contributed by atoms with Crippen LogP contribution in [-0.4, -0.2) is 49.9 Å². The van der Waals surface area contributed by atoms with Crippen molar-refractivity contribution in [1.29, 1.82) is 0 Å². The molecule has 0 saturated carbocycles. The number of nitrogens with one attached hydrogen (secondary N) is 1. The van der Waals surface area contributed by atoms with Crippen molar-refractivity contribution in [1.82, 2.24) is 30.2 Å². The number of benzene rings is 1. The lowest BCUT2D eigenvalue weighted by Crippen LogP contribution is -2.31. The largest absolute Gasteiger partial charge is 0.465 e. The van der Waals surface area contributed by atoms with Gasteiger partial charge in [-0.15, -0.1) is 14.8 Å². The summed E-state index contributed by atoms with van der Waals surface area (Å²) in [5.41, 5.74) is 4.32. The minimum Gasteiger partial charge on any atom is -0.465 e. The third kappa shape index (κ3) is 2.13. The van der Waals surface area contributed by atoms with Gasteiger partial charge in [0.1, 0.15) is 0 Å². The van der Waals surface area contributed by atoms with Crippen LogP contribution in [0.25, 0.3) is 16.6 Å². The first kappa shape index (κ1) is 14.8. The van der Waals surface area contributed by atoms with Gasteiger partial charge in [0.15, 0.2) is 11.5 Å². The molecule has 3 aromatic heterocycles. The molecule has 0 bridgehead atoms. The van der Waals surface area contributed by atoms with Gasteiger partial charge in [-0.25, -0.2) is 4.79 Å². The Morgan fingerprint density at radius 2 is 2.19 bits per heavy atom. The summed E-state index contributed by atoms with van der Waals surface area (Å²) in [6, 6.07) is 9.46. The Kier molecular flexibility index (Phi) is 3.14. The molecule has 0 radical (unpaired) electrons. The Hall–Kier alpha value is -3.49. The number of rotatable bonds is 2. The Balaban J connectivity index is 1.57. The van der Waals surface area contributed by atoms with Crippen molar-refractivity contribution in [2.45, 2.75) is 13.0 Å². The van der Waals surface area contributed by atoms with Gasteiger partial charge in [-0.2, -0.15) is 0 Å². The quantitative estimate of drug-likeness (QED) is 0.545. The van der Waals surface area contributed by atoms with Crippen molar-refractivity contribution in [3.63, 3.8) is 0 Å². The summed E-state index contributed by atoms with van der Waals surface area (Å²) in [6.07, 6.45) is 0.833. The zero-order valence-corrected chi connectivity index (χ0v) is 14.0. The molecule has 1 N–H and O–H groups in total. The maximum atomic E-state index is 12.0. The monoisotopic (exact) mass is 349 g/mol. The van der Waals surface area contributed by atoms with Crippen molar-refractivity contribution in [2.75, 3.05) is 18.6 Å². The summed E-state index contributed by atoms with van der Waals surface area (Å²) in [7, 11) is 1.40. The fraction of sp³-hybridized carbons (Fsp3) is 0.235. The molecule has 5 rings (SSSR count). The molecule has 130 valence electrons. The Labute approximate surface area is 147 Å². The summed E-state index contributed by atoms with van der Waals surface area (Å²) in [5.74, 6) is 0.478. The van der Waals surface area contributed by atoms with E-state index in [4.69, 9.17) is 4.74 Å². The zero-order chi connectivity index (χ0) is 17.7. The number of carbonyl (C=O) groups is 1. The van der Waals surface area contributed by atoms with Gasteiger partial charge < -0.3 is 14.6 Å². The molecule has 0 atom stereocenters. The van der Waals surface area contributed by atoms with Crippen molar-refractivity contribution in [2.24, 2.45) is 0 Å². The second-order valence-electron chi connectivity index (χ2n) is 6.19. The molecule has 0 aliphatic carbocycles. The van der Waals surface area contributed by atoms with Crippen LogP contribution in [0.2, 0.25) is 0 Å². The Morgan fingerprint density at radius 1 is 1.27 bits per heavy atom. The molecule has 1 aliphatic heterocycles. The molecule has 0 saturated heterocycles. The number of nitrogens with zero attached hydrogens (tertiary/aromatic N) is 6. The molecule has 4 heterocycles. The minimum atomic E-state index is -0.336. The number of ether oxygens (including phenoxy) is 1. The summed E-state index contributed by atoms with van der Waals surface area (Å²) in [6.45, 7) is 1.51. The van der Waals surface area contributed by atoms with Gasteiger partial charge in [-0.1, -0.05) is 12.1 Å². The molecule has 0 amide bonds. The number of carbonyl (C=O) groups excluding carboxylic acids is 1. The number of tetrazole rings is 1. The summed E-state index contributed by atoms with van der Waals surface area (Å²) < 4.78 is 6.33. The lowest BCUT2D eigenvalue weighted by atomic mass is 10.0. The highest BCUT2D eigenvalue weighted by Crippen LogP contribution is 2.31. The molecule has 0 spiro atoms. The van der Waals surface area contributed by atoms with Crippen LogP contribution in [0.5, 0.6) is 0 Å². The number of esters is 1. The van der Waals surface area contributed by atoms with Crippen LogP contribution in [0, 0.1) is 0 Å². The lowest BCUT2D eigenvalue weighted by Gasteiger charge is -2.27. The van der Waals surface area contributed by atoms with Gasteiger partial charge in [-0.3, -0.25) is 0 Å². The molecular formula is C17H15N7O2. The summed E-state index contributed by atoms with van der Waals surface area (Å²) >= 11 is 0. The van der Waals surface area contributed by atoms with Gasteiger partial charge in [0.2, 0.25) is 0 Å². The molecule has 0 unspecified atom stereocenters. The van der Waals surface area contributed by atoms with Gasteiger partial charge in [0.05, 0.1) is 18.2 Å². The van der Waals surface area contributed by atoms with Crippen LogP contribution in [0.1, 0.15) is 21.6 Å². The maximum Gasteiger partial charge on any atom is 0.339 e. The van der Waals surface area contributed by atoms with E-state index < -0.39 is 0 Å². The predicted molar refractivity (Wildman–Crippen MR) is 93.0 cm³/mol. The second kappa shape index (κ2) is 5.51. The van der Waals surface area contributed by atoms with Gasteiger partial charge in [-0.05, 0) is 28.6 Å². The van der Waals surface area contributed by atoms with E-state index in [1.165, 1.54) is 17.3 Å². The van der Waals surface area contributed by atoms with E-state index in [2.05, 4.69) is 30.5 Å². The molecular weight excluding hydrogens is 334 g/mol. The van der Waals surface area contributed by atoms with Crippen LogP contribution in [0.4, 0.5) is 5.82 Å². The van der Waals surface area contributed by atoms with Crippen LogP contribution < -0.4 is 4.90 Å². The first-order chi connectivity index (χ1) is 12.7. The van der Waals surface area contributed by atoms with Crippen LogP contribution >= 0.6 is 0 Å². The van der Waals surface area contributed by atoms with Crippen molar-refractivity contribution in [3.8, 4) is 0 Å². The van der Waals surface area contributed by atoms with Gasteiger partial charge in [0.25, 0.3) is 0 Å². The smallest absolute Gasteiger partial charge is 0.339 e. The van der Waals surface area contributed by atoms with Gasteiger partial charge in [0, 0.05) is 36.2 Å². The summed E-state index contributed by atoms with van der Waals surface area (Å²) in [5, 5.41) is 16.9. The fourth-order valence-electron chi connectivity index (χ4n) is 3.52. The van der Waals surface area contributed by atoms with Crippen LogP contribution in [-0.2, 0) is 17.7 Å². The number of hydrogen-bond donors (Lipinski definition) is 1. The van der Waals surface area contributed by atoms with E-state index in [-0.39, 0.29) is 5.97 Å². The van der Waals surface area contributed by atoms with Gasteiger partial charge >= 0.3 is 5.97 Å². The van der Waals surface area contributed by atoms with Crippen molar-refractivity contribution >= 4 is 28.3 Å². The molecule has 1 aromatic carbocycles. The standard InChI is InChI=1S/C17H15N7O2/c1-26-17(25)11-4-2-3-10-12-9-23(8-7-13(12)18-16(10)11)15-6-5-14-19-21-22-24(14)20-15/h2-6,18H,7-9H2,1H3. The first-order valence-electron chi connectivity index (χ1n) is 8.26. The predicted octanol–water partition coefficient (Wildman–Crippen LogP) is 1.35. The lowest BCUT2D eigenvalue weighted by molar-refractivity contribution is 0.0603. The highest BCUT2D eigenvalue weighted by Gasteiger charge is 2.24. The minimum absolute atomic E-state index is 0.336. The Bertz CT molecular complexity index is 1150. The highest BCUT2D eigenvalue weighted by atomic mass is 16.5. The number of aromatic nitrogens is 6. The molecule has 4 aromatic rings. The molecule has 9 nitrogen and oxygen atoms in total. The number of anilines is 1. The van der Waals surface area contributed by atoms with E-state index in [9.17, 15) is 4.79 Å². The van der Waals surface area contributed by atoms with Crippen LogP contribution in [0.3, 0.4) is 0 Å². The maximum absolute atomic E-state index is 12.0. The van der Waals surface area contributed by atoms with E-state index >= 15 is 0 Å². The first-order valence-corrected chi connectivity index (χ1v) is 8.26. The fourth-order valence-corrected chi connectivity index (χ4v) is 3.52. The number of aromatic amines is 1. The Morgan fingerprint density at radius 3 is 3.08 bits per heavy atom. The SMILES string of the molecule is COC(=O)c1cccc2c3c([nH]c12)CCN(c1ccc2nnnn2n1)C3. The number of H-pyrrole nitrogens is 1. The highest BCUT2D eigenvalue weighted by molar-refractivity contribution is 6.04. The van der Waals surface area contributed by atoms with E-state index in [1.54, 1.807) is 6.07 Å². The van der Waals surface area contributed by atoms with Crippen LogP contribution in [0.15, 0.2) is 30.3 Å². The van der Waals surface area contributed by atoms with E-state index in [0.717, 1.165) is 35.4 Å². The second-order valence-corrected chi connectivity index (χ2v) is 6.19. The number of para-hydroxylation sites is 1. The third-order valence-electron chi connectivity index (χ3n) is 4.80. The third-order valence-corrected chi connectivity index (χ3v) is 4.80. The molecule has 0 fully saturated rings.